The van der Waals surface area contributed by atoms with E-state index in [0.29, 0.717) is 0 Å². The van der Waals surface area contributed by atoms with Gasteiger partial charge in [0.1, 0.15) is 48.5 Å². The average Bonchev–Trinajstić information content (AvgIpc) is 3.72. The van der Waals surface area contributed by atoms with Gasteiger partial charge >= 0.3 is 16.4 Å². The van der Waals surface area contributed by atoms with Gasteiger partial charge < -0.3 is 50.0 Å². The summed E-state index contributed by atoms with van der Waals surface area (Å²) in [6.07, 6.45) is -7.57. The lowest BCUT2D eigenvalue weighted by Gasteiger charge is -2.25. The van der Waals surface area contributed by atoms with Crippen molar-refractivity contribution in [2.24, 2.45) is 0 Å². The maximum absolute atomic E-state index is 13.2. The van der Waals surface area contributed by atoms with Crippen molar-refractivity contribution in [3.8, 4) is 0 Å². The van der Waals surface area contributed by atoms with Gasteiger partial charge in [0.15, 0.2) is 35.1 Å². The van der Waals surface area contributed by atoms with E-state index < -0.39 is 84.3 Å². The SMILES string of the molecule is Nc1nc2c(ncn2C2OC3COP(O)OC4C(COP(=O)(O)OC2C3O)OC(n2cnc3c(N)ncnc32)C4O)c(=O)[nH]1. The second-order valence-corrected chi connectivity index (χ2v) is 12.3. The van der Waals surface area contributed by atoms with Crippen LogP contribution in [0.4, 0.5) is 11.8 Å². The van der Waals surface area contributed by atoms with Gasteiger partial charge in [-0.3, -0.25) is 28.0 Å². The van der Waals surface area contributed by atoms with Crippen LogP contribution in [-0.2, 0) is 32.1 Å². The van der Waals surface area contributed by atoms with Crippen LogP contribution in [0.3, 0.4) is 0 Å². The third-order valence-electron chi connectivity index (χ3n) is 7.23. The summed E-state index contributed by atoms with van der Waals surface area (Å²) >= 11 is 0. The second kappa shape index (κ2) is 11.0. The number of aromatic amines is 1. The molecule has 0 spiro atoms. The third kappa shape index (κ3) is 5.04. The first-order valence-corrected chi connectivity index (χ1v) is 15.4. The van der Waals surface area contributed by atoms with E-state index in [-0.39, 0.29) is 34.1 Å². The van der Waals surface area contributed by atoms with Crippen molar-refractivity contribution in [3.05, 3.63) is 29.3 Å². The zero-order chi connectivity index (χ0) is 30.9. The maximum atomic E-state index is 13.2. The van der Waals surface area contributed by atoms with Gasteiger partial charge in [-0.25, -0.2) is 24.5 Å². The van der Waals surface area contributed by atoms with E-state index in [1.54, 1.807) is 0 Å². The van der Waals surface area contributed by atoms with Crippen molar-refractivity contribution in [1.29, 1.82) is 0 Å². The molecular weight excluding hydrogens is 634 g/mol. The number of nitrogens with two attached hydrogens (primary N) is 2. The second-order valence-electron chi connectivity index (χ2n) is 9.91. The molecule has 3 aliphatic heterocycles. The fourth-order valence-corrected chi connectivity index (χ4v) is 6.95. The van der Waals surface area contributed by atoms with Crippen LogP contribution in [0.5, 0.6) is 0 Å². The van der Waals surface area contributed by atoms with E-state index in [1.807, 2.05) is 0 Å². The van der Waals surface area contributed by atoms with E-state index in [2.05, 4.69) is 29.9 Å². The third-order valence-corrected chi connectivity index (χ3v) is 9.01. The van der Waals surface area contributed by atoms with Crippen molar-refractivity contribution in [2.75, 3.05) is 24.7 Å². The molecule has 10 atom stereocenters. The highest BCUT2D eigenvalue weighted by molar-refractivity contribution is 7.47. The molecule has 44 heavy (non-hydrogen) atoms. The Hall–Kier alpha value is -3.24. The van der Waals surface area contributed by atoms with E-state index in [0.717, 1.165) is 6.33 Å². The van der Waals surface area contributed by atoms with E-state index in [1.165, 1.54) is 21.8 Å². The standard InChI is InChI=1S/C20H24N10O12P2/c21-14-8-15(24-3-23-14)29(4-25-8)18-11(32)12-7(40-18)2-38-44(35,36)42-13-10(31)6(1-37-43(34)41-12)39-19(13)30-5-26-9-16(30)27-20(22)28-17(9)33/h3-7,10-13,18-19,31-32,34H,1-2H2,(H,35,36)(H2,21,23,24)(H3,22,27,28,33). The van der Waals surface area contributed by atoms with E-state index in [4.69, 9.17) is 39.0 Å². The van der Waals surface area contributed by atoms with Crippen LogP contribution in [-0.4, -0.2) is 109 Å². The number of anilines is 2. The summed E-state index contributed by atoms with van der Waals surface area (Å²) in [5, 5.41) is 22.2. The Kier molecular flexibility index (Phi) is 7.35. The van der Waals surface area contributed by atoms with Crippen LogP contribution in [0, 0.1) is 0 Å². The summed E-state index contributed by atoms with van der Waals surface area (Å²) in [5.74, 6) is -0.158. The predicted molar refractivity (Wildman–Crippen MR) is 143 cm³/mol. The zero-order valence-electron chi connectivity index (χ0n) is 22.0. The highest BCUT2D eigenvalue weighted by atomic mass is 31.2. The summed E-state index contributed by atoms with van der Waals surface area (Å²) in [4.78, 5) is 56.1. The number of nitrogens with zero attached hydrogens (tertiary/aromatic N) is 7. The number of hydrogen-bond donors (Lipinski definition) is 7. The molecule has 3 aliphatic rings. The Morgan fingerprint density at radius 3 is 2.48 bits per heavy atom. The Morgan fingerprint density at radius 2 is 1.68 bits per heavy atom. The molecule has 22 nitrogen and oxygen atoms in total. The summed E-state index contributed by atoms with van der Waals surface area (Å²) < 4.78 is 49.1. The van der Waals surface area contributed by atoms with Crippen LogP contribution in [0.2, 0.25) is 0 Å². The van der Waals surface area contributed by atoms with E-state index in [9.17, 15) is 29.4 Å². The molecule has 236 valence electrons. The van der Waals surface area contributed by atoms with Gasteiger partial charge in [0.2, 0.25) is 5.95 Å². The zero-order valence-corrected chi connectivity index (χ0v) is 23.8. The van der Waals surface area contributed by atoms with Crippen molar-refractivity contribution in [2.45, 2.75) is 49.1 Å². The van der Waals surface area contributed by atoms with E-state index >= 15 is 0 Å². The number of aliphatic hydroxyl groups excluding tert-OH is 2. The summed E-state index contributed by atoms with van der Waals surface area (Å²) in [6.45, 7) is -1.20. The molecule has 9 N–H and O–H groups in total. The minimum Gasteiger partial charge on any atom is -0.387 e. The minimum atomic E-state index is -5.02. The van der Waals surface area contributed by atoms with Gasteiger partial charge in [-0.15, -0.1) is 0 Å². The number of aromatic nitrogens is 8. The Labute approximate surface area is 245 Å². The number of fused-ring (bicyclic) bond motifs is 5. The van der Waals surface area contributed by atoms with Gasteiger partial charge in [0.25, 0.3) is 5.56 Å². The lowest BCUT2D eigenvalue weighted by Crippen LogP contribution is -2.35. The number of ether oxygens (including phenoxy) is 2. The molecule has 0 aromatic carbocycles. The number of hydrogen-bond acceptors (Lipinski definition) is 18. The highest BCUT2D eigenvalue weighted by Gasteiger charge is 2.52. The van der Waals surface area contributed by atoms with Gasteiger partial charge in [-0.1, -0.05) is 0 Å². The molecule has 0 amide bonds. The molecule has 7 heterocycles. The number of phosphoric acid groups is 1. The fourth-order valence-electron chi connectivity index (χ4n) is 5.22. The lowest BCUT2D eigenvalue weighted by atomic mass is 10.1. The molecule has 3 saturated heterocycles. The molecule has 3 fully saturated rings. The Morgan fingerprint density at radius 1 is 0.955 bits per heavy atom. The van der Waals surface area contributed by atoms with Crippen LogP contribution in [0.15, 0.2) is 23.8 Å². The normalized spacial score (nSPS) is 36.6. The minimum absolute atomic E-state index is 0.0672. The first-order valence-electron chi connectivity index (χ1n) is 12.8. The van der Waals surface area contributed by atoms with Crippen LogP contribution < -0.4 is 17.0 Å². The summed E-state index contributed by atoms with van der Waals surface area (Å²) in [5.41, 5.74) is 11.1. The number of nitrogens with one attached hydrogen (secondary N) is 1. The fraction of sp³-hybridized carbons (Fsp3) is 0.500. The van der Waals surface area contributed by atoms with Crippen molar-refractivity contribution < 1.29 is 52.1 Å². The molecule has 4 aromatic rings. The lowest BCUT2D eigenvalue weighted by molar-refractivity contribution is -0.0645. The number of H-pyrrole nitrogens is 1. The molecule has 0 saturated carbocycles. The average molecular weight is 658 g/mol. The molecule has 0 radical (unpaired) electrons. The molecular formula is C20H24N10O12P2. The van der Waals surface area contributed by atoms with Crippen LogP contribution in [0.1, 0.15) is 12.5 Å². The largest absolute Gasteiger partial charge is 0.472 e. The monoisotopic (exact) mass is 658 g/mol. The first kappa shape index (κ1) is 29.5. The number of imidazole rings is 2. The topological polar surface area (TPSA) is 313 Å². The van der Waals surface area contributed by atoms with Gasteiger partial charge in [0.05, 0.1) is 25.9 Å². The first-order chi connectivity index (χ1) is 21.0. The Bertz CT molecular complexity index is 1820. The predicted octanol–water partition coefficient (Wildman–Crippen LogP) is -2.22. The smallest absolute Gasteiger partial charge is 0.387 e. The number of phosphoric ester groups is 1. The van der Waals surface area contributed by atoms with Crippen molar-refractivity contribution in [3.63, 3.8) is 0 Å². The molecule has 2 bridgehead atoms. The molecule has 4 aromatic heterocycles. The van der Waals surface area contributed by atoms with Gasteiger partial charge in [-0.05, 0) is 0 Å². The quantitative estimate of drug-likeness (QED) is 0.112. The molecule has 24 heteroatoms. The molecule has 7 rings (SSSR count). The Balaban J connectivity index is 1.18. The van der Waals surface area contributed by atoms with Crippen molar-refractivity contribution >= 4 is 50.5 Å². The van der Waals surface area contributed by atoms with Crippen LogP contribution >= 0.6 is 16.4 Å². The summed E-state index contributed by atoms with van der Waals surface area (Å²) in [7, 11) is -7.77. The maximum Gasteiger partial charge on any atom is 0.472 e. The molecule has 10 unspecified atom stereocenters. The van der Waals surface area contributed by atoms with Gasteiger partial charge in [-0.2, -0.15) is 4.98 Å². The molecule has 0 aliphatic carbocycles. The number of aliphatic hydroxyl groups is 2. The highest BCUT2D eigenvalue weighted by Crippen LogP contribution is 2.51. The van der Waals surface area contributed by atoms with Crippen LogP contribution in [0.25, 0.3) is 22.3 Å². The van der Waals surface area contributed by atoms with Gasteiger partial charge in [0, 0.05) is 0 Å². The summed E-state index contributed by atoms with van der Waals surface area (Å²) in [6, 6.07) is 0. The van der Waals surface area contributed by atoms with Crippen molar-refractivity contribution in [1.82, 2.24) is 39.0 Å². The number of rotatable bonds is 2. The number of nitrogen functional groups attached to an aromatic ring is 2.